The Morgan fingerprint density at radius 2 is 2.00 bits per heavy atom. The molecule has 0 rings (SSSR count). The van der Waals surface area contributed by atoms with E-state index in [2.05, 4.69) is 13.8 Å². The molecule has 0 aromatic rings. The standard InChI is InChI=1S/C7H17NOS/c1-5(2)7(8)6(4-9)10-3/h5-7,9H,4,8H2,1-3H3. The molecule has 0 fully saturated rings. The first-order valence-corrected chi connectivity index (χ1v) is 4.81. The summed E-state index contributed by atoms with van der Waals surface area (Å²) in [6.07, 6.45) is 1.98. The summed E-state index contributed by atoms with van der Waals surface area (Å²) in [5.74, 6) is 0.449. The van der Waals surface area contributed by atoms with Gasteiger partial charge in [-0.3, -0.25) is 0 Å². The van der Waals surface area contributed by atoms with Crippen LogP contribution in [0.5, 0.6) is 0 Å². The molecule has 0 aromatic heterocycles. The summed E-state index contributed by atoms with van der Waals surface area (Å²) in [7, 11) is 0. The smallest absolute Gasteiger partial charge is 0.0565 e. The Hall–Kier alpha value is 0.270. The fourth-order valence-electron chi connectivity index (χ4n) is 0.783. The zero-order valence-corrected chi connectivity index (χ0v) is 7.69. The van der Waals surface area contributed by atoms with Crippen molar-refractivity contribution in [3.8, 4) is 0 Å². The molecule has 0 aliphatic heterocycles. The molecule has 2 unspecified atom stereocenters. The van der Waals surface area contributed by atoms with E-state index in [1.807, 2.05) is 6.26 Å². The van der Waals surface area contributed by atoms with Gasteiger partial charge >= 0.3 is 0 Å². The van der Waals surface area contributed by atoms with Gasteiger partial charge < -0.3 is 10.8 Å². The number of aliphatic hydroxyl groups excluding tert-OH is 1. The molecule has 0 aromatic carbocycles. The van der Waals surface area contributed by atoms with Crippen LogP contribution in [0.25, 0.3) is 0 Å². The fourth-order valence-corrected chi connectivity index (χ4v) is 1.56. The molecule has 10 heavy (non-hydrogen) atoms. The second-order valence-electron chi connectivity index (χ2n) is 2.78. The topological polar surface area (TPSA) is 46.2 Å². The van der Waals surface area contributed by atoms with Gasteiger partial charge in [0.15, 0.2) is 0 Å². The van der Waals surface area contributed by atoms with Gasteiger partial charge in [-0.05, 0) is 12.2 Å². The zero-order chi connectivity index (χ0) is 8.15. The number of thioether (sulfide) groups is 1. The lowest BCUT2D eigenvalue weighted by Crippen LogP contribution is -2.39. The number of hydrogen-bond acceptors (Lipinski definition) is 3. The second kappa shape index (κ2) is 4.99. The first-order valence-electron chi connectivity index (χ1n) is 3.52. The van der Waals surface area contributed by atoms with E-state index in [-0.39, 0.29) is 17.9 Å². The number of rotatable bonds is 4. The molecule has 3 heteroatoms. The van der Waals surface area contributed by atoms with Crippen molar-refractivity contribution >= 4 is 11.8 Å². The van der Waals surface area contributed by atoms with E-state index in [4.69, 9.17) is 10.8 Å². The van der Waals surface area contributed by atoms with E-state index in [1.54, 1.807) is 11.8 Å². The van der Waals surface area contributed by atoms with Crippen LogP contribution in [-0.4, -0.2) is 29.3 Å². The van der Waals surface area contributed by atoms with E-state index < -0.39 is 0 Å². The van der Waals surface area contributed by atoms with Gasteiger partial charge in [0.2, 0.25) is 0 Å². The van der Waals surface area contributed by atoms with Crippen molar-refractivity contribution in [2.75, 3.05) is 12.9 Å². The highest BCUT2D eigenvalue weighted by atomic mass is 32.2. The van der Waals surface area contributed by atoms with E-state index in [0.29, 0.717) is 5.92 Å². The van der Waals surface area contributed by atoms with Crippen molar-refractivity contribution in [3.05, 3.63) is 0 Å². The number of nitrogens with two attached hydrogens (primary N) is 1. The van der Waals surface area contributed by atoms with Crippen molar-refractivity contribution in [1.29, 1.82) is 0 Å². The maximum Gasteiger partial charge on any atom is 0.0565 e. The van der Waals surface area contributed by atoms with Crippen molar-refractivity contribution in [1.82, 2.24) is 0 Å². The minimum Gasteiger partial charge on any atom is -0.395 e. The molecule has 0 saturated carbocycles. The third kappa shape index (κ3) is 2.90. The fraction of sp³-hybridized carbons (Fsp3) is 1.00. The predicted octanol–water partition coefficient (Wildman–Crippen LogP) is 0.694. The third-order valence-electron chi connectivity index (χ3n) is 1.68. The highest BCUT2D eigenvalue weighted by molar-refractivity contribution is 7.99. The summed E-state index contributed by atoms with van der Waals surface area (Å²) in [6.45, 7) is 4.33. The molecule has 0 saturated heterocycles. The highest BCUT2D eigenvalue weighted by Gasteiger charge is 2.18. The van der Waals surface area contributed by atoms with Crippen molar-refractivity contribution < 1.29 is 5.11 Å². The first-order chi connectivity index (χ1) is 4.63. The van der Waals surface area contributed by atoms with Crippen LogP contribution in [0.2, 0.25) is 0 Å². The van der Waals surface area contributed by atoms with Crippen LogP contribution in [0.1, 0.15) is 13.8 Å². The quantitative estimate of drug-likeness (QED) is 0.641. The molecule has 0 heterocycles. The van der Waals surface area contributed by atoms with Crippen LogP contribution in [0.4, 0.5) is 0 Å². The van der Waals surface area contributed by atoms with Gasteiger partial charge in [0.1, 0.15) is 0 Å². The second-order valence-corrected chi connectivity index (χ2v) is 3.85. The van der Waals surface area contributed by atoms with Crippen LogP contribution in [0.15, 0.2) is 0 Å². The Morgan fingerprint density at radius 3 is 2.10 bits per heavy atom. The van der Waals surface area contributed by atoms with Gasteiger partial charge in [-0.15, -0.1) is 0 Å². The Morgan fingerprint density at radius 1 is 1.50 bits per heavy atom. The number of aliphatic hydroxyl groups is 1. The summed E-state index contributed by atoms with van der Waals surface area (Å²) in [6, 6.07) is 0.111. The molecule has 0 amide bonds. The minimum atomic E-state index is 0.111. The highest BCUT2D eigenvalue weighted by Crippen LogP contribution is 2.14. The maximum absolute atomic E-state index is 8.84. The molecule has 62 valence electrons. The molecule has 0 radical (unpaired) electrons. The summed E-state index contributed by atoms with van der Waals surface area (Å²) in [5, 5.41) is 9.04. The Labute approximate surface area is 67.2 Å². The minimum absolute atomic E-state index is 0.111. The number of hydrogen-bond donors (Lipinski definition) is 2. The van der Waals surface area contributed by atoms with E-state index in [1.165, 1.54) is 0 Å². The van der Waals surface area contributed by atoms with Crippen molar-refractivity contribution in [2.45, 2.75) is 25.1 Å². The molecule has 3 N–H and O–H groups in total. The monoisotopic (exact) mass is 163 g/mol. The Bertz CT molecular complexity index is 83.7. The molecule has 0 spiro atoms. The van der Waals surface area contributed by atoms with Gasteiger partial charge in [-0.25, -0.2) is 0 Å². The largest absolute Gasteiger partial charge is 0.395 e. The van der Waals surface area contributed by atoms with Crippen molar-refractivity contribution in [2.24, 2.45) is 11.7 Å². The van der Waals surface area contributed by atoms with Gasteiger partial charge in [0.25, 0.3) is 0 Å². The third-order valence-corrected chi connectivity index (χ3v) is 2.75. The lowest BCUT2D eigenvalue weighted by molar-refractivity contribution is 0.269. The molecule has 0 bridgehead atoms. The van der Waals surface area contributed by atoms with Gasteiger partial charge in [0, 0.05) is 11.3 Å². The lowest BCUT2D eigenvalue weighted by atomic mass is 10.0. The van der Waals surface area contributed by atoms with Crippen LogP contribution in [0, 0.1) is 5.92 Å². The summed E-state index contributed by atoms with van der Waals surface area (Å²) in [4.78, 5) is 0. The summed E-state index contributed by atoms with van der Waals surface area (Å²) in [5.41, 5.74) is 5.80. The van der Waals surface area contributed by atoms with Gasteiger partial charge in [-0.1, -0.05) is 13.8 Å². The molecule has 2 nitrogen and oxygen atoms in total. The Kier molecular flexibility index (Phi) is 5.13. The SMILES string of the molecule is CSC(CO)C(N)C(C)C. The molecule has 2 atom stereocenters. The first kappa shape index (κ1) is 10.3. The maximum atomic E-state index is 8.84. The predicted molar refractivity (Wildman–Crippen MR) is 47.2 cm³/mol. The molecule has 0 aliphatic carbocycles. The molecular formula is C7H17NOS. The van der Waals surface area contributed by atoms with E-state index >= 15 is 0 Å². The van der Waals surface area contributed by atoms with Crippen molar-refractivity contribution in [3.63, 3.8) is 0 Å². The zero-order valence-electron chi connectivity index (χ0n) is 6.87. The van der Waals surface area contributed by atoms with E-state index in [9.17, 15) is 0 Å². The Balaban J connectivity index is 3.76. The van der Waals surface area contributed by atoms with Gasteiger partial charge in [-0.2, -0.15) is 11.8 Å². The average Bonchev–Trinajstić information content (AvgIpc) is 1.90. The van der Waals surface area contributed by atoms with E-state index in [0.717, 1.165) is 0 Å². The van der Waals surface area contributed by atoms with Crippen LogP contribution >= 0.6 is 11.8 Å². The van der Waals surface area contributed by atoms with Crippen LogP contribution in [-0.2, 0) is 0 Å². The van der Waals surface area contributed by atoms with Crippen LogP contribution < -0.4 is 5.73 Å². The lowest BCUT2D eigenvalue weighted by Gasteiger charge is -2.22. The normalized spacial score (nSPS) is 17.4. The summed E-state index contributed by atoms with van der Waals surface area (Å²) >= 11 is 1.63. The van der Waals surface area contributed by atoms with Gasteiger partial charge in [0.05, 0.1) is 6.61 Å². The molecule has 0 aliphatic rings. The summed E-state index contributed by atoms with van der Waals surface area (Å²) < 4.78 is 0. The average molecular weight is 163 g/mol. The van der Waals surface area contributed by atoms with Crippen LogP contribution in [0.3, 0.4) is 0 Å². The molecular weight excluding hydrogens is 146 g/mol.